The molecule has 1 fully saturated rings. The lowest BCUT2D eigenvalue weighted by Crippen LogP contribution is -2.35. The Morgan fingerprint density at radius 3 is 2.74 bits per heavy atom. The Morgan fingerprint density at radius 2 is 1.96 bits per heavy atom. The first-order chi connectivity index (χ1) is 11.0. The first-order valence-corrected chi connectivity index (χ1v) is 10.6. The molecule has 0 aliphatic carbocycles. The maximum absolute atomic E-state index is 12.9. The quantitative estimate of drug-likeness (QED) is 0.816. The van der Waals surface area contributed by atoms with Crippen LogP contribution in [0.15, 0.2) is 23.1 Å². The number of carbonyl (C=O) groups is 1. The molecule has 2 aliphatic heterocycles. The van der Waals surface area contributed by atoms with Gasteiger partial charge in [-0.25, -0.2) is 8.42 Å². The second-order valence-corrected chi connectivity index (χ2v) is 9.10. The Labute approximate surface area is 142 Å². The lowest BCUT2D eigenvalue weighted by molar-refractivity contribution is -0.116. The molecule has 0 aromatic heterocycles. The molecule has 23 heavy (non-hydrogen) atoms. The van der Waals surface area contributed by atoms with Crippen molar-refractivity contribution in [2.75, 3.05) is 36.0 Å². The summed E-state index contributed by atoms with van der Waals surface area (Å²) in [6.07, 6.45) is 2.59. The summed E-state index contributed by atoms with van der Waals surface area (Å²) in [7, 11) is -3.44. The number of aryl methyl sites for hydroxylation is 1. The second kappa shape index (κ2) is 6.83. The van der Waals surface area contributed by atoms with Gasteiger partial charge in [0.1, 0.15) is 0 Å². The molecule has 0 radical (unpaired) electrons. The third kappa shape index (κ3) is 3.41. The van der Waals surface area contributed by atoms with Crippen LogP contribution in [-0.4, -0.2) is 49.8 Å². The van der Waals surface area contributed by atoms with Gasteiger partial charge in [-0.3, -0.25) is 4.79 Å². The Balaban J connectivity index is 1.93. The van der Waals surface area contributed by atoms with Gasteiger partial charge in [-0.05, 0) is 48.8 Å². The van der Waals surface area contributed by atoms with E-state index in [0.717, 1.165) is 42.0 Å². The molecule has 0 spiro atoms. The molecule has 7 heteroatoms. The van der Waals surface area contributed by atoms with Gasteiger partial charge in [-0.2, -0.15) is 16.1 Å². The minimum absolute atomic E-state index is 0.00565. The van der Waals surface area contributed by atoms with E-state index in [1.165, 1.54) is 0 Å². The molecular weight excluding hydrogens is 332 g/mol. The van der Waals surface area contributed by atoms with Gasteiger partial charge < -0.3 is 4.90 Å². The Kier molecular flexibility index (Phi) is 4.98. The summed E-state index contributed by atoms with van der Waals surface area (Å²) < 4.78 is 27.4. The Bertz CT molecular complexity index is 695. The lowest BCUT2D eigenvalue weighted by atomic mass is 10.0. The van der Waals surface area contributed by atoms with Crippen LogP contribution < -0.4 is 4.90 Å². The zero-order valence-corrected chi connectivity index (χ0v) is 15.0. The van der Waals surface area contributed by atoms with Gasteiger partial charge in [-0.1, -0.05) is 0 Å². The molecule has 1 saturated heterocycles. The average molecular weight is 354 g/mol. The van der Waals surface area contributed by atoms with Crippen molar-refractivity contribution >= 4 is 33.4 Å². The SMILES string of the molecule is CC(=O)N1CCCc2cc(S(=O)(=O)N3CCCSCC3)ccc21. The fourth-order valence-electron chi connectivity index (χ4n) is 3.17. The number of hydrogen-bond acceptors (Lipinski definition) is 4. The van der Waals surface area contributed by atoms with E-state index >= 15 is 0 Å². The van der Waals surface area contributed by atoms with Gasteiger partial charge in [-0.15, -0.1) is 0 Å². The third-order valence-electron chi connectivity index (χ3n) is 4.37. The molecule has 2 heterocycles. The number of amides is 1. The number of fused-ring (bicyclic) bond motifs is 1. The monoisotopic (exact) mass is 354 g/mol. The molecule has 1 aromatic carbocycles. The summed E-state index contributed by atoms with van der Waals surface area (Å²) in [4.78, 5) is 13.8. The summed E-state index contributed by atoms with van der Waals surface area (Å²) in [5, 5.41) is 0. The van der Waals surface area contributed by atoms with E-state index in [9.17, 15) is 13.2 Å². The molecular formula is C16H22N2O3S2. The van der Waals surface area contributed by atoms with Crippen molar-refractivity contribution in [3.8, 4) is 0 Å². The van der Waals surface area contributed by atoms with Gasteiger partial charge in [0.15, 0.2) is 0 Å². The van der Waals surface area contributed by atoms with Crippen molar-refractivity contribution < 1.29 is 13.2 Å². The molecule has 0 N–H and O–H groups in total. The second-order valence-electron chi connectivity index (χ2n) is 5.93. The van der Waals surface area contributed by atoms with Crippen LogP contribution in [0.1, 0.15) is 25.3 Å². The van der Waals surface area contributed by atoms with Crippen LogP contribution in [0.3, 0.4) is 0 Å². The van der Waals surface area contributed by atoms with E-state index < -0.39 is 10.0 Å². The lowest BCUT2D eigenvalue weighted by Gasteiger charge is -2.29. The summed E-state index contributed by atoms with van der Waals surface area (Å²) in [6.45, 7) is 3.42. The number of carbonyl (C=O) groups excluding carboxylic acids is 1. The predicted molar refractivity (Wildman–Crippen MR) is 93.5 cm³/mol. The van der Waals surface area contributed by atoms with Crippen LogP contribution in [0.4, 0.5) is 5.69 Å². The highest BCUT2D eigenvalue weighted by Crippen LogP contribution is 2.31. The maximum Gasteiger partial charge on any atom is 0.243 e. The minimum atomic E-state index is -3.44. The van der Waals surface area contributed by atoms with Crippen LogP contribution >= 0.6 is 11.8 Å². The first kappa shape index (κ1) is 16.8. The molecule has 1 amide bonds. The summed E-state index contributed by atoms with van der Waals surface area (Å²) in [5.41, 5.74) is 1.81. The normalized spacial score (nSPS) is 20.0. The van der Waals surface area contributed by atoms with Crippen molar-refractivity contribution in [2.45, 2.75) is 31.1 Å². The number of thioether (sulfide) groups is 1. The zero-order valence-electron chi connectivity index (χ0n) is 13.3. The number of nitrogens with zero attached hydrogens (tertiary/aromatic N) is 2. The zero-order chi connectivity index (χ0) is 16.4. The van der Waals surface area contributed by atoms with Crippen molar-refractivity contribution in [3.05, 3.63) is 23.8 Å². The topological polar surface area (TPSA) is 57.7 Å². The van der Waals surface area contributed by atoms with Crippen LogP contribution in [0.5, 0.6) is 0 Å². The van der Waals surface area contributed by atoms with Crippen molar-refractivity contribution in [1.29, 1.82) is 0 Å². The van der Waals surface area contributed by atoms with Crippen molar-refractivity contribution in [1.82, 2.24) is 4.31 Å². The molecule has 3 rings (SSSR count). The van der Waals surface area contributed by atoms with E-state index in [1.54, 1.807) is 46.1 Å². The standard InChI is InChI=1S/C16H22N2O3S2/c1-13(19)18-8-2-4-14-12-15(5-6-16(14)18)23(20,21)17-7-3-10-22-11-9-17/h5-6,12H,2-4,7-11H2,1H3. The number of anilines is 1. The highest BCUT2D eigenvalue weighted by atomic mass is 32.2. The van der Waals surface area contributed by atoms with Crippen LogP contribution in [-0.2, 0) is 21.2 Å². The number of rotatable bonds is 2. The van der Waals surface area contributed by atoms with E-state index in [0.29, 0.717) is 24.5 Å². The van der Waals surface area contributed by atoms with Crippen molar-refractivity contribution in [2.24, 2.45) is 0 Å². The molecule has 2 aliphatic rings. The van der Waals surface area contributed by atoms with Crippen molar-refractivity contribution in [3.63, 3.8) is 0 Å². The fraction of sp³-hybridized carbons (Fsp3) is 0.562. The summed E-state index contributed by atoms with van der Waals surface area (Å²) in [6, 6.07) is 5.20. The van der Waals surface area contributed by atoms with Crippen LogP contribution in [0, 0.1) is 0 Å². The highest BCUT2D eigenvalue weighted by Gasteiger charge is 2.27. The van der Waals surface area contributed by atoms with Gasteiger partial charge in [0, 0.05) is 38.0 Å². The van der Waals surface area contributed by atoms with E-state index in [2.05, 4.69) is 0 Å². The largest absolute Gasteiger partial charge is 0.312 e. The molecule has 0 saturated carbocycles. The van der Waals surface area contributed by atoms with Crippen LogP contribution in [0.2, 0.25) is 0 Å². The van der Waals surface area contributed by atoms with Gasteiger partial charge in [0.25, 0.3) is 0 Å². The first-order valence-electron chi connectivity index (χ1n) is 7.99. The molecule has 0 atom stereocenters. The van der Waals surface area contributed by atoms with E-state index in [1.807, 2.05) is 0 Å². The molecule has 1 aromatic rings. The predicted octanol–water partition coefficient (Wildman–Crippen LogP) is 2.11. The molecule has 126 valence electrons. The Morgan fingerprint density at radius 1 is 1.13 bits per heavy atom. The Hall–Kier alpha value is -1.05. The summed E-state index contributed by atoms with van der Waals surface area (Å²) in [5.74, 6) is 1.87. The third-order valence-corrected chi connectivity index (χ3v) is 7.31. The summed E-state index contributed by atoms with van der Waals surface area (Å²) >= 11 is 1.81. The number of sulfonamides is 1. The van der Waals surface area contributed by atoms with Gasteiger partial charge in [0.2, 0.25) is 15.9 Å². The number of hydrogen-bond donors (Lipinski definition) is 0. The highest BCUT2D eigenvalue weighted by molar-refractivity contribution is 7.99. The number of benzene rings is 1. The minimum Gasteiger partial charge on any atom is -0.312 e. The molecule has 0 unspecified atom stereocenters. The van der Waals surface area contributed by atoms with Gasteiger partial charge >= 0.3 is 0 Å². The van der Waals surface area contributed by atoms with Gasteiger partial charge in [0.05, 0.1) is 4.90 Å². The smallest absolute Gasteiger partial charge is 0.243 e. The van der Waals surface area contributed by atoms with E-state index in [-0.39, 0.29) is 5.91 Å². The molecule has 5 nitrogen and oxygen atoms in total. The van der Waals surface area contributed by atoms with Crippen LogP contribution in [0.25, 0.3) is 0 Å². The molecule has 0 bridgehead atoms. The average Bonchev–Trinajstić information content (AvgIpc) is 2.83. The maximum atomic E-state index is 12.9. The van der Waals surface area contributed by atoms with E-state index in [4.69, 9.17) is 0 Å². The fourth-order valence-corrected chi connectivity index (χ4v) is 5.71.